The van der Waals surface area contributed by atoms with Gasteiger partial charge in [0.2, 0.25) is 5.91 Å². The fourth-order valence-electron chi connectivity index (χ4n) is 3.62. The predicted molar refractivity (Wildman–Crippen MR) is 98.7 cm³/mol. The van der Waals surface area contributed by atoms with Gasteiger partial charge in [-0.15, -0.1) is 0 Å². The minimum Gasteiger partial charge on any atom is -0.376 e. The lowest BCUT2D eigenvalue weighted by molar-refractivity contribution is -0.115. The first kappa shape index (κ1) is 17.2. The van der Waals surface area contributed by atoms with Crippen LogP contribution in [0, 0.1) is 0 Å². The molecule has 0 fully saturated rings. The molecule has 4 rings (SSSR count). The second kappa shape index (κ2) is 6.48. The zero-order valence-electron chi connectivity index (χ0n) is 14.5. The number of hydrogen-bond donors (Lipinski definition) is 1. The normalized spacial score (nSPS) is 19.0. The molecule has 2 aliphatic heterocycles. The number of rotatable bonds is 4. The number of fused-ring (bicyclic) bond motifs is 2. The summed E-state index contributed by atoms with van der Waals surface area (Å²) < 4.78 is 29.9. The van der Waals surface area contributed by atoms with Crippen molar-refractivity contribution in [2.75, 3.05) is 23.4 Å². The Morgan fingerprint density at radius 3 is 2.96 bits per heavy atom. The Labute approximate surface area is 152 Å². The highest BCUT2D eigenvalue weighted by atomic mass is 32.2. The summed E-state index contributed by atoms with van der Waals surface area (Å²) in [5, 5.41) is 2.83. The van der Waals surface area contributed by atoms with Crippen LogP contribution in [0.15, 0.2) is 30.6 Å². The molecule has 0 radical (unpaired) electrons. The van der Waals surface area contributed by atoms with Crippen molar-refractivity contribution >= 4 is 21.4 Å². The van der Waals surface area contributed by atoms with Crippen molar-refractivity contribution in [3.63, 3.8) is 0 Å². The van der Waals surface area contributed by atoms with Crippen LogP contribution in [-0.4, -0.2) is 37.4 Å². The molecule has 1 amide bonds. The molecule has 0 spiro atoms. The summed E-state index contributed by atoms with van der Waals surface area (Å²) in [5.74, 6) is -0.00505. The number of ether oxygens (including phenoxy) is 1. The molecule has 2 aliphatic rings. The molecule has 1 N–H and O–H groups in total. The van der Waals surface area contributed by atoms with Crippen LogP contribution in [0.25, 0.3) is 11.1 Å². The van der Waals surface area contributed by atoms with Crippen molar-refractivity contribution in [3.05, 3.63) is 47.3 Å². The Morgan fingerprint density at radius 1 is 1.31 bits per heavy atom. The third-order valence-corrected chi connectivity index (χ3v) is 6.82. The molecule has 26 heavy (non-hydrogen) atoms. The Bertz CT molecular complexity index is 985. The van der Waals surface area contributed by atoms with E-state index in [1.165, 1.54) is 0 Å². The van der Waals surface area contributed by atoms with Gasteiger partial charge in [0, 0.05) is 35.3 Å². The van der Waals surface area contributed by atoms with Crippen LogP contribution in [-0.2, 0) is 32.4 Å². The van der Waals surface area contributed by atoms with Gasteiger partial charge in [-0.3, -0.25) is 9.78 Å². The largest absolute Gasteiger partial charge is 0.376 e. The molecule has 1 aromatic carbocycles. The summed E-state index contributed by atoms with van der Waals surface area (Å²) in [5.41, 5.74) is 5.64. The van der Waals surface area contributed by atoms with E-state index in [0.29, 0.717) is 19.6 Å². The van der Waals surface area contributed by atoms with Crippen LogP contribution in [0.3, 0.4) is 0 Å². The standard InChI is InChI=1S/C19H20N2O4S/c1-2-26(23,24)11-14-9-25-10-17-15(7-20-8-16(14)17)12-3-4-18-13(5-12)6-19(22)21-18/h3-5,7-8,14H,2,6,9-11H2,1H3,(H,21,22). The number of nitrogens with zero attached hydrogens (tertiary/aromatic N) is 1. The van der Waals surface area contributed by atoms with Crippen molar-refractivity contribution in [1.29, 1.82) is 0 Å². The van der Waals surface area contributed by atoms with Gasteiger partial charge in [0.15, 0.2) is 9.84 Å². The molecule has 0 bridgehead atoms. The SMILES string of the molecule is CCS(=O)(=O)CC1COCc2c(-c3ccc4c(c3)CC(=O)N4)cncc21. The van der Waals surface area contributed by atoms with Gasteiger partial charge in [0.05, 0.1) is 25.4 Å². The van der Waals surface area contributed by atoms with Gasteiger partial charge >= 0.3 is 0 Å². The van der Waals surface area contributed by atoms with E-state index >= 15 is 0 Å². The van der Waals surface area contributed by atoms with Gasteiger partial charge in [0.25, 0.3) is 0 Å². The number of carbonyl (C=O) groups is 1. The highest BCUT2D eigenvalue weighted by Gasteiger charge is 2.28. The zero-order valence-corrected chi connectivity index (χ0v) is 15.3. The first-order chi connectivity index (χ1) is 12.5. The number of anilines is 1. The summed E-state index contributed by atoms with van der Waals surface area (Å²) >= 11 is 0. The monoisotopic (exact) mass is 372 g/mol. The molecular formula is C19H20N2O4S. The van der Waals surface area contributed by atoms with Crippen molar-refractivity contribution in [2.45, 2.75) is 25.9 Å². The third kappa shape index (κ3) is 3.12. The maximum Gasteiger partial charge on any atom is 0.228 e. The average Bonchev–Trinajstić information content (AvgIpc) is 3.00. The maximum absolute atomic E-state index is 12.1. The number of amides is 1. The maximum atomic E-state index is 12.1. The highest BCUT2D eigenvalue weighted by molar-refractivity contribution is 7.91. The third-order valence-electron chi connectivity index (χ3n) is 5.03. The molecule has 1 unspecified atom stereocenters. The topological polar surface area (TPSA) is 85.4 Å². The van der Waals surface area contributed by atoms with Gasteiger partial charge in [-0.1, -0.05) is 13.0 Å². The molecule has 6 nitrogen and oxygen atoms in total. The lowest BCUT2D eigenvalue weighted by atomic mass is 9.90. The molecule has 7 heteroatoms. The van der Waals surface area contributed by atoms with E-state index in [9.17, 15) is 13.2 Å². The van der Waals surface area contributed by atoms with Gasteiger partial charge in [0.1, 0.15) is 0 Å². The van der Waals surface area contributed by atoms with Crippen LogP contribution in [0.4, 0.5) is 5.69 Å². The number of benzene rings is 1. The minimum absolute atomic E-state index is 0.00136. The van der Waals surface area contributed by atoms with Crippen LogP contribution in [0.5, 0.6) is 0 Å². The predicted octanol–water partition coefficient (Wildman–Crippen LogP) is 2.29. The van der Waals surface area contributed by atoms with Crippen LogP contribution in [0.2, 0.25) is 0 Å². The van der Waals surface area contributed by atoms with Crippen LogP contribution in [0.1, 0.15) is 29.5 Å². The Kier molecular flexibility index (Phi) is 4.28. The van der Waals surface area contributed by atoms with E-state index < -0.39 is 9.84 Å². The highest BCUT2D eigenvalue weighted by Crippen LogP contribution is 2.36. The molecule has 3 heterocycles. The summed E-state index contributed by atoms with van der Waals surface area (Å²) in [7, 11) is -3.11. The van der Waals surface area contributed by atoms with E-state index in [0.717, 1.165) is 33.5 Å². The number of nitrogens with one attached hydrogen (secondary N) is 1. The second-order valence-electron chi connectivity index (χ2n) is 6.76. The number of sulfone groups is 1. The Balaban J connectivity index is 1.74. The number of hydrogen-bond acceptors (Lipinski definition) is 5. The van der Waals surface area contributed by atoms with Gasteiger partial charge < -0.3 is 10.1 Å². The summed E-state index contributed by atoms with van der Waals surface area (Å²) in [6.07, 6.45) is 3.92. The van der Waals surface area contributed by atoms with Crippen molar-refractivity contribution < 1.29 is 17.9 Å². The minimum atomic E-state index is -3.11. The quantitative estimate of drug-likeness (QED) is 0.890. The number of pyridine rings is 1. The smallest absolute Gasteiger partial charge is 0.228 e. The zero-order chi connectivity index (χ0) is 18.3. The molecule has 0 saturated heterocycles. The van der Waals surface area contributed by atoms with E-state index in [4.69, 9.17) is 4.74 Å². The molecule has 2 aromatic rings. The van der Waals surface area contributed by atoms with E-state index in [1.807, 2.05) is 18.2 Å². The van der Waals surface area contributed by atoms with Gasteiger partial charge in [-0.05, 0) is 34.4 Å². The molecule has 1 aromatic heterocycles. The van der Waals surface area contributed by atoms with Crippen LogP contribution >= 0.6 is 0 Å². The van der Waals surface area contributed by atoms with E-state index in [2.05, 4.69) is 10.3 Å². The molecule has 0 saturated carbocycles. The van der Waals surface area contributed by atoms with Crippen molar-refractivity contribution in [2.24, 2.45) is 0 Å². The van der Waals surface area contributed by atoms with Crippen molar-refractivity contribution in [1.82, 2.24) is 4.98 Å². The summed E-state index contributed by atoms with van der Waals surface area (Å²) in [6, 6.07) is 5.85. The first-order valence-corrected chi connectivity index (χ1v) is 10.5. The number of aromatic nitrogens is 1. The lowest BCUT2D eigenvalue weighted by Crippen LogP contribution is -2.25. The van der Waals surface area contributed by atoms with Gasteiger partial charge in [-0.2, -0.15) is 0 Å². The number of carbonyl (C=O) groups excluding carboxylic acids is 1. The molecule has 1 atom stereocenters. The van der Waals surface area contributed by atoms with E-state index in [-0.39, 0.29) is 23.3 Å². The average molecular weight is 372 g/mol. The Morgan fingerprint density at radius 2 is 2.15 bits per heavy atom. The molecule has 136 valence electrons. The Hall–Kier alpha value is -2.25. The fourth-order valence-corrected chi connectivity index (χ4v) is 4.74. The lowest BCUT2D eigenvalue weighted by Gasteiger charge is -2.27. The van der Waals surface area contributed by atoms with Crippen LogP contribution < -0.4 is 5.32 Å². The summed E-state index contributed by atoms with van der Waals surface area (Å²) in [4.78, 5) is 15.9. The fraction of sp³-hybridized carbons (Fsp3) is 0.368. The van der Waals surface area contributed by atoms with Crippen molar-refractivity contribution in [3.8, 4) is 11.1 Å². The summed E-state index contributed by atoms with van der Waals surface area (Å²) in [6.45, 7) is 2.48. The van der Waals surface area contributed by atoms with E-state index in [1.54, 1.807) is 19.3 Å². The van der Waals surface area contributed by atoms with Gasteiger partial charge in [-0.25, -0.2) is 8.42 Å². The second-order valence-corrected chi connectivity index (χ2v) is 9.16. The molecular weight excluding hydrogens is 352 g/mol. The molecule has 0 aliphatic carbocycles. The first-order valence-electron chi connectivity index (χ1n) is 8.65.